The summed E-state index contributed by atoms with van der Waals surface area (Å²) >= 11 is 17.4. The maximum Gasteiger partial charge on any atom is 0.191 e. The Balaban J connectivity index is 1.06. The number of aromatic nitrogens is 2. The van der Waals surface area contributed by atoms with Gasteiger partial charge in [0.1, 0.15) is 5.75 Å². The Labute approximate surface area is 314 Å². The molecule has 12 heteroatoms. The van der Waals surface area contributed by atoms with E-state index in [1.165, 1.54) is 28.9 Å². The molecule has 0 fully saturated rings. The lowest BCUT2D eigenvalue weighted by atomic mass is 10.0. The highest BCUT2D eigenvalue weighted by atomic mass is 35.5. The first-order valence-electron chi connectivity index (χ1n) is 16.2. The predicted octanol–water partition coefficient (Wildman–Crippen LogP) is 10.3. The minimum atomic E-state index is -0.662. The van der Waals surface area contributed by atoms with Crippen molar-refractivity contribution in [3.63, 3.8) is 0 Å². The van der Waals surface area contributed by atoms with Crippen molar-refractivity contribution in [2.24, 2.45) is 10.8 Å². The summed E-state index contributed by atoms with van der Waals surface area (Å²) in [5.74, 6) is 0.720. The highest BCUT2D eigenvalue weighted by Gasteiger charge is 2.16. The van der Waals surface area contributed by atoms with Crippen LogP contribution in [0.1, 0.15) is 17.5 Å². The summed E-state index contributed by atoms with van der Waals surface area (Å²) in [5, 5.41) is 9.16. The Bertz CT molecular complexity index is 2500. The van der Waals surface area contributed by atoms with E-state index in [9.17, 15) is 0 Å². The van der Waals surface area contributed by atoms with Crippen molar-refractivity contribution >= 4 is 85.1 Å². The van der Waals surface area contributed by atoms with Crippen molar-refractivity contribution in [3.05, 3.63) is 136 Å². The third kappa shape index (κ3) is 7.55. The van der Waals surface area contributed by atoms with E-state index in [4.69, 9.17) is 60.3 Å². The summed E-state index contributed by atoms with van der Waals surface area (Å²) in [6.45, 7) is 0.451. The van der Waals surface area contributed by atoms with Crippen LogP contribution in [0.15, 0.2) is 114 Å². The standard InChI is InChI=1S/C40H30Cl2FN5O3S/c1-49-38-21-30-35(22-39(38)50-17-5-8-24-7-4-10-34-29(24)18-25-6-2-3-9-33(25)47-34)45-16-15-36(30)51-37-14-13-28(20-32(37)43)48(40(44)52)46-23-26-11-12-27(41)19-31(26)42/h2-4,6-7,9-16,18-23H,5,8,17H2,1H3,(H2,44,52)/b46-23+. The van der Waals surface area contributed by atoms with Gasteiger partial charge in [-0.1, -0.05) is 59.6 Å². The highest BCUT2D eigenvalue weighted by Crippen LogP contribution is 2.38. The number of ether oxygens (including phenoxy) is 3. The molecule has 0 amide bonds. The molecule has 0 saturated carbocycles. The second-order valence-corrected chi connectivity index (χ2v) is 13.0. The van der Waals surface area contributed by atoms with Crippen LogP contribution in [0.3, 0.4) is 0 Å². The lowest BCUT2D eigenvalue weighted by molar-refractivity contribution is 0.290. The zero-order valence-corrected chi connectivity index (χ0v) is 30.1. The summed E-state index contributed by atoms with van der Waals surface area (Å²) in [4.78, 5) is 9.34. The van der Waals surface area contributed by atoms with Crippen molar-refractivity contribution < 1.29 is 18.6 Å². The molecular formula is C40H30Cl2FN5O3S. The molecule has 7 aromatic rings. The van der Waals surface area contributed by atoms with Crippen LogP contribution in [-0.2, 0) is 6.42 Å². The summed E-state index contributed by atoms with van der Waals surface area (Å²) in [7, 11) is 1.56. The molecule has 0 aliphatic carbocycles. The van der Waals surface area contributed by atoms with E-state index in [1.807, 2.05) is 30.3 Å². The monoisotopic (exact) mass is 749 g/mol. The topological polar surface area (TPSA) is 95.1 Å². The smallest absolute Gasteiger partial charge is 0.191 e. The minimum Gasteiger partial charge on any atom is -0.493 e. The molecule has 0 radical (unpaired) electrons. The second-order valence-electron chi connectivity index (χ2n) is 11.7. The van der Waals surface area contributed by atoms with Gasteiger partial charge >= 0.3 is 0 Å². The fraction of sp³-hybridized carbons (Fsp3) is 0.100. The zero-order chi connectivity index (χ0) is 36.2. The Morgan fingerprint density at radius 3 is 2.52 bits per heavy atom. The van der Waals surface area contributed by atoms with E-state index < -0.39 is 5.82 Å². The first-order chi connectivity index (χ1) is 25.3. The molecule has 52 heavy (non-hydrogen) atoms. The van der Waals surface area contributed by atoms with Gasteiger partial charge in [0.25, 0.3) is 0 Å². The van der Waals surface area contributed by atoms with Crippen LogP contribution in [0.5, 0.6) is 23.0 Å². The number of halogens is 3. The number of fused-ring (bicyclic) bond motifs is 3. The molecule has 0 atom stereocenters. The number of benzene rings is 5. The van der Waals surface area contributed by atoms with Gasteiger partial charge in [-0.3, -0.25) is 4.98 Å². The van der Waals surface area contributed by atoms with Crippen LogP contribution >= 0.6 is 35.4 Å². The first-order valence-corrected chi connectivity index (χ1v) is 17.4. The Morgan fingerprint density at radius 1 is 0.865 bits per heavy atom. The Kier molecular flexibility index (Phi) is 10.3. The number of anilines is 1. The molecule has 0 saturated heterocycles. The number of rotatable bonds is 11. The normalized spacial score (nSPS) is 11.4. The van der Waals surface area contributed by atoms with E-state index in [0.717, 1.165) is 34.6 Å². The fourth-order valence-electron chi connectivity index (χ4n) is 5.81. The SMILES string of the molecule is COc1cc2c(Oc3ccc(N(/N=C/c4ccc(Cl)cc4Cl)C(N)=S)cc3F)ccnc2cc1OCCCc1cccc2nc3ccccc3cc12. The molecule has 8 nitrogen and oxygen atoms in total. The molecule has 260 valence electrons. The maximum atomic E-state index is 15.5. The molecule has 5 aromatic carbocycles. The van der Waals surface area contributed by atoms with Crippen molar-refractivity contribution in [2.45, 2.75) is 12.8 Å². The van der Waals surface area contributed by atoms with Crippen molar-refractivity contribution in [1.29, 1.82) is 0 Å². The number of pyridine rings is 2. The van der Waals surface area contributed by atoms with Gasteiger partial charge in [-0.15, -0.1) is 0 Å². The molecule has 2 N–H and O–H groups in total. The number of aryl methyl sites for hydroxylation is 1. The number of hydrazone groups is 1. The molecule has 0 spiro atoms. The van der Waals surface area contributed by atoms with Gasteiger partial charge in [-0.2, -0.15) is 5.10 Å². The van der Waals surface area contributed by atoms with Crippen LogP contribution in [0.4, 0.5) is 10.1 Å². The van der Waals surface area contributed by atoms with Gasteiger partial charge in [0.05, 0.1) is 47.2 Å². The van der Waals surface area contributed by atoms with E-state index >= 15 is 4.39 Å². The number of nitrogens with two attached hydrogens (primary N) is 1. The summed E-state index contributed by atoms with van der Waals surface area (Å²) < 4.78 is 33.4. The minimum absolute atomic E-state index is 0.0280. The van der Waals surface area contributed by atoms with Crippen LogP contribution < -0.4 is 25.0 Å². The largest absolute Gasteiger partial charge is 0.493 e. The van der Waals surface area contributed by atoms with E-state index in [0.29, 0.717) is 50.4 Å². The van der Waals surface area contributed by atoms with Crippen molar-refractivity contribution in [2.75, 3.05) is 18.7 Å². The molecule has 0 unspecified atom stereocenters. The summed E-state index contributed by atoms with van der Waals surface area (Å²) in [6, 6.07) is 31.0. The van der Waals surface area contributed by atoms with Crippen LogP contribution in [0, 0.1) is 5.82 Å². The van der Waals surface area contributed by atoms with Gasteiger partial charge in [0.15, 0.2) is 28.2 Å². The maximum absolute atomic E-state index is 15.5. The zero-order valence-electron chi connectivity index (χ0n) is 27.7. The van der Waals surface area contributed by atoms with Gasteiger partial charge in [-0.25, -0.2) is 14.4 Å². The lowest BCUT2D eigenvalue weighted by Crippen LogP contribution is -2.31. The van der Waals surface area contributed by atoms with E-state index in [1.54, 1.807) is 55.8 Å². The summed E-state index contributed by atoms with van der Waals surface area (Å²) in [5.41, 5.74) is 10.5. The van der Waals surface area contributed by atoms with Gasteiger partial charge in [-0.05, 0) is 85.2 Å². The molecule has 7 rings (SSSR count). The highest BCUT2D eigenvalue weighted by molar-refractivity contribution is 7.80. The Hall–Kier alpha value is -5.55. The lowest BCUT2D eigenvalue weighted by Gasteiger charge is -2.18. The number of hydrogen-bond acceptors (Lipinski definition) is 7. The molecule has 0 bridgehead atoms. The van der Waals surface area contributed by atoms with Gasteiger partial charge < -0.3 is 19.9 Å². The quantitative estimate of drug-likeness (QED) is 0.0459. The van der Waals surface area contributed by atoms with Crippen LogP contribution in [-0.4, -0.2) is 35.0 Å². The molecule has 2 aromatic heterocycles. The molecule has 2 heterocycles. The second kappa shape index (κ2) is 15.4. The number of nitrogens with zero attached hydrogens (tertiary/aromatic N) is 4. The molecule has 0 aliphatic heterocycles. The van der Waals surface area contributed by atoms with Crippen LogP contribution in [0.2, 0.25) is 10.0 Å². The number of hydrogen-bond donors (Lipinski definition) is 1. The van der Waals surface area contributed by atoms with E-state index in [2.05, 4.69) is 28.3 Å². The van der Waals surface area contributed by atoms with Gasteiger partial charge in [0.2, 0.25) is 0 Å². The van der Waals surface area contributed by atoms with Crippen molar-refractivity contribution in [3.8, 4) is 23.0 Å². The third-order valence-electron chi connectivity index (χ3n) is 8.35. The molecule has 0 aliphatic rings. The number of thiocarbonyl (C=S) groups is 1. The van der Waals surface area contributed by atoms with Crippen LogP contribution in [0.25, 0.3) is 32.7 Å². The average molecular weight is 751 g/mol. The van der Waals surface area contributed by atoms with Crippen molar-refractivity contribution in [1.82, 2.24) is 9.97 Å². The van der Waals surface area contributed by atoms with E-state index in [-0.39, 0.29) is 16.5 Å². The predicted molar refractivity (Wildman–Crippen MR) is 211 cm³/mol. The fourth-order valence-corrected chi connectivity index (χ4v) is 6.42. The molecular weight excluding hydrogens is 720 g/mol. The first kappa shape index (κ1) is 34.9. The number of methoxy groups -OCH3 is 1. The Morgan fingerprint density at radius 2 is 1.71 bits per heavy atom. The number of para-hydroxylation sites is 1. The average Bonchev–Trinajstić information content (AvgIpc) is 3.14. The van der Waals surface area contributed by atoms with Gasteiger partial charge in [0, 0.05) is 45.1 Å². The third-order valence-corrected chi connectivity index (χ3v) is 9.08. The summed E-state index contributed by atoms with van der Waals surface area (Å²) in [6.07, 6.45) is 4.62.